The van der Waals surface area contributed by atoms with Crippen molar-refractivity contribution < 1.29 is 22.8 Å². The predicted molar refractivity (Wildman–Crippen MR) is 124 cm³/mol. The molecule has 0 radical (unpaired) electrons. The van der Waals surface area contributed by atoms with Gasteiger partial charge >= 0.3 is 6.18 Å². The number of anilines is 1. The van der Waals surface area contributed by atoms with Crippen molar-refractivity contribution >= 4 is 17.5 Å². The fraction of sp³-hybridized carbons (Fsp3) is 0.423. The zero-order valence-corrected chi connectivity index (χ0v) is 19.4. The second kappa shape index (κ2) is 9.61. The number of hydrogen-bond acceptors (Lipinski definition) is 4. The molecule has 2 amide bonds. The molecule has 0 unspecified atom stereocenters. The van der Waals surface area contributed by atoms with Gasteiger partial charge in [-0.2, -0.15) is 18.4 Å². The van der Waals surface area contributed by atoms with Gasteiger partial charge in [0.2, 0.25) is 5.91 Å². The number of nitriles is 1. The number of alkyl halides is 3. The monoisotopic (exact) mass is 484 g/mol. The molecule has 0 aliphatic carbocycles. The van der Waals surface area contributed by atoms with Crippen LogP contribution in [0.1, 0.15) is 39.9 Å². The van der Waals surface area contributed by atoms with Gasteiger partial charge in [0.25, 0.3) is 5.91 Å². The minimum Gasteiger partial charge on any atom is -0.370 e. The van der Waals surface area contributed by atoms with Crippen molar-refractivity contribution in [2.75, 3.05) is 31.1 Å². The first-order valence-electron chi connectivity index (χ1n) is 11.6. The number of halogens is 3. The molecule has 2 N–H and O–H groups in total. The molecule has 0 spiro atoms. The first kappa shape index (κ1) is 24.6. The van der Waals surface area contributed by atoms with E-state index in [1.54, 1.807) is 11.0 Å². The first-order valence-corrected chi connectivity index (χ1v) is 11.6. The maximum atomic E-state index is 13.4. The molecule has 6 nitrogen and oxygen atoms in total. The van der Waals surface area contributed by atoms with Crippen LogP contribution in [0.15, 0.2) is 42.5 Å². The molecule has 0 saturated carbocycles. The Kier molecular flexibility index (Phi) is 6.75. The molecule has 2 aromatic rings. The second-order valence-electron chi connectivity index (χ2n) is 9.41. The van der Waals surface area contributed by atoms with E-state index in [4.69, 9.17) is 11.0 Å². The summed E-state index contributed by atoms with van der Waals surface area (Å²) in [7, 11) is 0. The van der Waals surface area contributed by atoms with Crippen LogP contribution in [-0.2, 0) is 11.0 Å². The Hall–Kier alpha value is -3.54. The van der Waals surface area contributed by atoms with Crippen LogP contribution in [0.4, 0.5) is 18.9 Å². The van der Waals surface area contributed by atoms with Gasteiger partial charge in [-0.05, 0) is 61.9 Å². The molecule has 2 heterocycles. The molecule has 4 rings (SSSR count). The summed E-state index contributed by atoms with van der Waals surface area (Å²) >= 11 is 0. The van der Waals surface area contributed by atoms with E-state index in [0.29, 0.717) is 43.7 Å². The third-order valence-electron chi connectivity index (χ3n) is 7.26. The minimum absolute atomic E-state index is 0.0276. The molecule has 184 valence electrons. The molecule has 35 heavy (non-hydrogen) atoms. The predicted octanol–water partition coefficient (Wildman–Crippen LogP) is 3.98. The van der Waals surface area contributed by atoms with Crippen molar-refractivity contribution in [2.45, 2.75) is 25.9 Å². The Morgan fingerprint density at radius 3 is 2.29 bits per heavy atom. The fourth-order valence-corrected chi connectivity index (χ4v) is 5.29. The van der Waals surface area contributed by atoms with Gasteiger partial charge < -0.3 is 15.5 Å². The van der Waals surface area contributed by atoms with Gasteiger partial charge in [0.05, 0.1) is 23.1 Å². The Morgan fingerprint density at radius 1 is 1.06 bits per heavy atom. The Balaban J connectivity index is 1.47. The van der Waals surface area contributed by atoms with Gasteiger partial charge in [0.15, 0.2) is 0 Å². The molecule has 2 saturated heterocycles. The third-order valence-corrected chi connectivity index (χ3v) is 7.26. The number of amides is 2. The summed E-state index contributed by atoms with van der Waals surface area (Å²) in [6.07, 6.45) is -3.26. The van der Waals surface area contributed by atoms with Gasteiger partial charge in [-0.25, -0.2) is 0 Å². The lowest BCUT2D eigenvalue weighted by Gasteiger charge is -2.36. The molecule has 2 atom stereocenters. The van der Waals surface area contributed by atoms with Crippen molar-refractivity contribution in [3.63, 3.8) is 0 Å². The van der Waals surface area contributed by atoms with Crippen molar-refractivity contribution in [3.8, 4) is 6.07 Å². The minimum atomic E-state index is -4.65. The maximum Gasteiger partial charge on any atom is 0.417 e. The quantitative estimate of drug-likeness (QED) is 0.711. The summed E-state index contributed by atoms with van der Waals surface area (Å²) in [6, 6.07) is 12.6. The number of nitrogens with zero attached hydrogens (tertiary/aromatic N) is 3. The topological polar surface area (TPSA) is 90.4 Å². The van der Waals surface area contributed by atoms with Crippen LogP contribution in [0.25, 0.3) is 0 Å². The third kappa shape index (κ3) is 5.11. The SMILES string of the molecule is Cc1ccc(C(=O)N2CCC([C@@H]3CN(c4ccc(C#N)c(C(F)(F)F)c4)C[C@H]3C(N)=O)CC2)cc1. The molecule has 0 aromatic heterocycles. The van der Waals surface area contributed by atoms with E-state index in [1.165, 1.54) is 12.1 Å². The summed E-state index contributed by atoms with van der Waals surface area (Å²) < 4.78 is 40.3. The van der Waals surface area contributed by atoms with Crippen molar-refractivity contribution in [1.29, 1.82) is 5.26 Å². The number of likely N-dealkylation sites (tertiary alicyclic amines) is 1. The number of carbonyl (C=O) groups excluding carboxylic acids is 2. The Morgan fingerprint density at radius 2 is 1.71 bits per heavy atom. The molecule has 0 bridgehead atoms. The average molecular weight is 485 g/mol. The van der Waals surface area contributed by atoms with E-state index in [0.717, 1.165) is 11.6 Å². The molecule has 2 aliphatic rings. The van der Waals surface area contributed by atoms with Gasteiger partial charge in [0, 0.05) is 37.4 Å². The lowest BCUT2D eigenvalue weighted by Crippen LogP contribution is -2.42. The number of benzene rings is 2. The normalized spacial score (nSPS) is 21.1. The summed E-state index contributed by atoms with van der Waals surface area (Å²) in [4.78, 5) is 28.7. The van der Waals surface area contributed by atoms with Gasteiger partial charge in [0.1, 0.15) is 0 Å². The standard InChI is InChI=1S/C26H27F3N4O2/c1-16-2-4-18(5-3-16)25(35)32-10-8-17(9-11-32)21-14-33(15-22(21)24(31)34)20-7-6-19(13-30)23(12-20)26(27,28)29/h2-7,12,17,21-22H,8-11,14-15H2,1H3,(H2,31,34)/t21-,22+/m0/s1. The van der Waals surface area contributed by atoms with Crippen LogP contribution in [0.3, 0.4) is 0 Å². The molecule has 2 aliphatic heterocycles. The van der Waals surface area contributed by atoms with Crippen molar-refractivity contribution in [3.05, 3.63) is 64.7 Å². The van der Waals surface area contributed by atoms with Crippen LogP contribution in [-0.4, -0.2) is 42.9 Å². The van der Waals surface area contributed by atoms with E-state index < -0.39 is 29.1 Å². The molecule has 2 fully saturated rings. The van der Waals surface area contributed by atoms with E-state index in [2.05, 4.69) is 0 Å². The Labute approximate surface area is 202 Å². The zero-order valence-electron chi connectivity index (χ0n) is 19.4. The fourth-order valence-electron chi connectivity index (χ4n) is 5.29. The number of hydrogen-bond donors (Lipinski definition) is 1. The molecule has 2 aromatic carbocycles. The van der Waals surface area contributed by atoms with Crippen molar-refractivity contribution in [1.82, 2.24) is 4.90 Å². The number of piperidine rings is 1. The molecular weight excluding hydrogens is 457 g/mol. The number of carbonyl (C=O) groups is 2. The van der Waals surface area contributed by atoms with E-state index in [-0.39, 0.29) is 24.3 Å². The van der Waals surface area contributed by atoms with Crippen LogP contribution in [0, 0.1) is 36.0 Å². The van der Waals surface area contributed by atoms with Crippen LogP contribution >= 0.6 is 0 Å². The summed E-state index contributed by atoms with van der Waals surface area (Å²) in [6.45, 7) is 3.68. The first-order chi connectivity index (χ1) is 16.6. The highest BCUT2D eigenvalue weighted by Crippen LogP contribution is 2.40. The van der Waals surface area contributed by atoms with Crippen LogP contribution in [0.5, 0.6) is 0 Å². The molecule has 9 heteroatoms. The van der Waals surface area contributed by atoms with E-state index in [9.17, 15) is 22.8 Å². The largest absolute Gasteiger partial charge is 0.417 e. The lowest BCUT2D eigenvalue weighted by molar-refractivity contribution is -0.137. The van der Waals surface area contributed by atoms with Crippen LogP contribution < -0.4 is 10.6 Å². The summed E-state index contributed by atoms with van der Waals surface area (Å²) in [5, 5.41) is 9.06. The molecular formula is C26H27F3N4O2. The van der Waals surface area contributed by atoms with Gasteiger partial charge in [-0.15, -0.1) is 0 Å². The van der Waals surface area contributed by atoms with Gasteiger partial charge in [-0.1, -0.05) is 17.7 Å². The van der Waals surface area contributed by atoms with Crippen molar-refractivity contribution in [2.24, 2.45) is 23.5 Å². The summed E-state index contributed by atoms with van der Waals surface area (Å²) in [5.41, 5.74) is 6.30. The smallest absolute Gasteiger partial charge is 0.370 e. The van der Waals surface area contributed by atoms with E-state index in [1.807, 2.05) is 36.1 Å². The number of primary amides is 1. The average Bonchev–Trinajstić information content (AvgIpc) is 3.29. The Bertz CT molecular complexity index is 1150. The number of aryl methyl sites for hydroxylation is 1. The summed E-state index contributed by atoms with van der Waals surface area (Å²) in [5.74, 6) is -0.987. The highest BCUT2D eigenvalue weighted by Gasteiger charge is 2.43. The van der Waals surface area contributed by atoms with Gasteiger partial charge in [-0.3, -0.25) is 9.59 Å². The zero-order chi connectivity index (χ0) is 25.3. The van der Waals surface area contributed by atoms with Crippen LogP contribution in [0.2, 0.25) is 0 Å². The number of nitrogens with two attached hydrogens (primary N) is 1. The number of rotatable bonds is 4. The van der Waals surface area contributed by atoms with E-state index >= 15 is 0 Å². The highest BCUT2D eigenvalue weighted by molar-refractivity contribution is 5.94. The lowest BCUT2D eigenvalue weighted by atomic mass is 9.78. The maximum absolute atomic E-state index is 13.4. The second-order valence-corrected chi connectivity index (χ2v) is 9.41. The highest BCUT2D eigenvalue weighted by atomic mass is 19.4.